The van der Waals surface area contributed by atoms with E-state index < -0.39 is 0 Å². The van der Waals surface area contributed by atoms with Gasteiger partial charge in [-0.15, -0.1) is 11.3 Å². The van der Waals surface area contributed by atoms with E-state index in [4.69, 9.17) is 0 Å². The van der Waals surface area contributed by atoms with Crippen LogP contribution >= 0.6 is 11.3 Å². The molecule has 0 aromatic carbocycles. The first-order valence-corrected chi connectivity index (χ1v) is 8.32. The first-order valence-electron chi connectivity index (χ1n) is 7.51. The van der Waals surface area contributed by atoms with Gasteiger partial charge in [0.1, 0.15) is 9.71 Å². The Bertz CT molecular complexity index is 977. The van der Waals surface area contributed by atoms with Crippen LogP contribution in [0, 0.1) is 0 Å². The van der Waals surface area contributed by atoms with Gasteiger partial charge in [-0.2, -0.15) is 0 Å². The second kappa shape index (κ2) is 6.25. The molecule has 0 saturated carbocycles. The Hall–Kier alpha value is -2.99. The van der Waals surface area contributed by atoms with Crippen LogP contribution in [0.3, 0.4) is 0 Å². The van der Waals surface area contributed by atoms with Gasteiger partial charge in [0.2, 0.25) is 0 Å². The standard InChI is InChI=1S/C18H14N4OS/c23-17(21-12-13-5-8-19-9-6-13)16-15(22-10-1-2-11-22)14-4-3-7-20-18(14)24-16/h1-11H,12H2,(H,21,23). The van der Waals surface area contributed by atoms with Crippen molar-refractivity contribution in [1.29, 1.82) is 0 Å². The van der Waals surface area contributed by atoms with Crippen molar-refractivity contribution in [2.45, 2.75) is 6.54 Å². The molecule has 0 aliphatic heterocycles. The lowest BCUT2D eigenvalue weighted by Gasteiger charge is -2.07. The third kappa shape index (κ3) is 2.68. The van der Waals surface area contributed by atoms with Crippen molar-refractivity contribution in [1.82, 2.24) is 19.9 Å². The highest BCUT2D eigenvalue weighted by Gasteiger charge is 2.19. The second-order valence-electron chi connectivity index (χ2n) is 5.26. The minimum absolute atomic E-state index is 0.0986. The van der Waals surface area contributed by atoms with Gasteiger partial charge in [0.05, 0.1) is 5.69 Å². The number of amides is 1. The summed E-state index contributed by atoms with van der Waals surface area (Å²) >= 11 is 1.41. The minimum Gasteiger partial charge on any atom is -0.347 e. The lowest BCUT2D eigenvalue weighted by Crippen LogP contribution is -2.22. The first kappa shape index (κ1) is 14.6. The Morgan fingerprint density at radius 3 is 2.67 bits per heavy atom. The highest BCUT2D eigenvalue weighted by atomic mass is 32.1. The number of nitrogens with one attached hydrogen (secondary N) is 1. The summed E-state index contributed by atoms with van der Waals surface area (Å²) in [5.41, 5.74) is 1.89. The zero-order valence-electron chi connectivity index (χ0n) is 12.7. The molecule has 0 bridgehead atoms. The molecule has 6 heteroatoms. The van der Waals surface area contributed by atoms with Crippen LogP contribution in [0.25, 0.3) is 15.9 Å². The van der Waals surface area contributed by atoms with Crippen LogP contribution in [0.1, 0.15) is 15.2 Å². The van der Waals surface area contributed by atoms with Crippen LogP contribution in [-0.4, -0.2) is 20.4 Å². The SMILES string of the molecule is O=C(NCc1ccncc1)c1sc2ncccc2c1-n1cccc1. The third-order valence-corrected chi connectivity index (χ3v) is 4.81. The lowest BCUT2D eigenvalue weighted by atomic mass is 10.2. The third-order valence-electron chi connectivity index (χ3n) is 3.71. The summed E-state index contributed by atoms with van der Waals surface area (Å²) in [4.78, 5) is 22.6. The molecular formula is C18H14N4OS. The number of nitrogens with zero attached hydrogens (tertiary/aromatic N) is 3. The van der Waals surface area contributed by atoms with Crippen molar-refractivity contribution >= 4 is 27.5 Å². The second-order valence-corrected chi connectivity index (χ2v) is 6.26. The molecule has 0 fully saturated rings. The first-order chi connectivity index (χ1) is 11.8. The molecule has 0 atom stereocenters. The van der Waals surface area contributed by atoms with Crippen LogP contribution in [0.2, 0.25) is 0 Å². The fourth-order valence-electron chi connectivity index (χ4n) is 2.58. The molecule has 5 nitrogen and oxygen atoms in total. The van der Waals surface area contributed by atoms with Crippen molar-refractivity contribution < 1.29 is 4.79 Å². The number of carbonyl (C=O) groups excluding carboxylic acids is 1. The summed E-state index contributed by atoms with van der Waals surface area (Å²) in [6, 6.07) is 11.5. The van der Waals surface area contributed by atoms with Gasteiger partial charge in [0, 0.05) is 42.9 Å². The van der Waals surface area contributed by atoms with Crippen LogP contribution in [0.15, 0.2) is 67.4 Å². The van der Waals surface area contributed by atoms with E-state index in [1.54, 1.807) is 18.6 Å². The van der Waals surface area contributed by atoms with Gasteiger partial charge < -0.3 is 9.88 Å². The van der Waals surface area contributed by atoms with E-state index in [1.807, 2.05) is 53.4 Å². The van der Waals surface area contributed by atoms with Crippen molar-refractivity contribution in [2.75, 3.05) is 0 Å². The number of carbonyl (C=O) groups is 1. The van der Waals surface area contributed by atoms with E-state index >= 15 is 0 Å². The van der Waals surface area contributed by atoms with E-state index in [2.05, 4.69) is 15.3 Å². The molecular weight excluding hydrogens is 320 g/mol. The molecule has 1 amide bonds. The topological polar surface area (TPSA) is 59.8 Å². The van der Waals surface area contributed by atoms with Crippen LogP contribution in [-0.2, 0) is 6.54 Å². The molecule has 4 rings (SSSR count). The average Bonchev–Trinajstić information content (AvgIpc) is 3.27. The van der Waals surface area contributed by atoms with Gasteiger partial charge in [-0.25, -0.2) is 4.98 Å². The van der Waals surface area contributed by atoms with Crippen molar-refractivity contribution in [3.8, 4) is 5.69 Å². The van der Waals surface area contributed by atoms with Crippen molar-refractivity contribution in [3.63, 3.8) is 0 Å². The molecule has 4 aromatic heterocycles. The number of hydrogen-bond donors (Lipinski definition) is 1. The highest BCUT2D eigenvalue weighted by molar-refractivity contribution is 7.21. The number of aromatic nitrogens is 3. The van der Waals surface area contributed by atoms with Gasteiger partial charge in [0.25, 0.3) is 5.91 Å². The summed E-state index contributed by atoms with van der Waals surface area (Å²) in [6.45, 7) is 0.466. The van der Waals surface area contributed by atoms with Crippen molar-refractivity contribution in [3.05, 3.63) is 77.8 Å². The number of fused-ring (bicyclic) bond motifs is 1. The Balaban J connectivity index is 1.70. The molecule has 0 radical (unpaired) electrons. The maximum Gasteiger partial charge on any atom is 0.263 e. The molecule has 0 aliphatic carbocycles. The smallest absolute Gasteiger partial charge is 0.263 e. The fraction of sp³-hybridized carbons (Fsp3) is 0.0556. The molecule has 1 N–H and O–H groups in total. The summed E-state index contributed by atoms with van der Waals surface area (Å²) in [7, 11) is 0. The van der Waals surface area contributed by atoms with Gasteiger partial charge in [0.15, 0.2) is 0 Å². The molecule has 0 saturated heterocycles. The summed E-state index contributed by atoms with van der Waals surface area (Å²) < 4.78 is 1.96. The molecule has 0 unspecified atom stereocenters. The zero-order chi connectivity index (χ0) is 16.4. The normalized spacial score (nSPS) is 10.8. The van der Waals surface area contributed by atoms with E-state index in [1.165, 1.54) is 11.3 Å². The quantitative estimate of drug-likeness (QED) is 0.622. The van der Waals surface area contributed by atoms with Gasteiger partial charge >= 0.3 is 0 Å². The zero-order valence-corrected chi connectivity index (χ0v) is 13.5. The maximum atomic E-state index is 12.7. The summed E-state index contributed by atoms with van der Waals surface area (Å²) in [5, 5.41) is 3.96. The van der Waals surface area contributed by atoms with Gasteiger partial charge in [-0.1, -0.05) is 0 Å². The lowest BCUT2D eigenvalue weighted by molar-refractivity contribution is 0.0955. The van der Waals surface area contributed by atoms with E-state index in [9.17, 15) is 4.79 Å². The number of hydrogen-bond acceptors (Lipinski definition) is 4. The minimum atomic E-state index is -0.0986. The Morgan fingerprint density at radius 2 is 1.88 bits per heavy atom. The van der Waals surface area contributed by atoms with Crippen LogP contribution in [0.5, 0.6) is 0 Å². The number of pyridine rings is 2. The van der Waals surface area contributed by atoms with Crippen LogP contribution in [0.4, 0.5) is 0 Å². The molecule has 0 spiro atoms. The molecule has 118 valence electrons. The van der Waals surface area contributed by atoms with E-state index in [-0.39, 0.29) is 5.91 Å². The Labute approximate surface area is 142 Å². The number of thiophene rings is 1. The summed E-state index contributed by atoms with van der Waals surface area (Å²) in [5.74, 6) is -0.0986. The molecule has 0 aliphatic rings. The highest BCUT2D eigenvalue weighted by Crippen LogP contribution is 2.33. The Morgan fingerprint density at radius 1 is 1.08 bits per heavy atom. The fourth-order valence-corrected chi connectivity index (χ4v) is 3.64. The molecule has 4 aromatic rings. The summed E-state index contributed by atoms with van der Waals surface area (Å²) in [6.07, 6.45) is 9.06. The molecule has 24 heavy (non-hydrogen) atoms. The Kier molecular flexibility index (Phi) is 3.80. The van der Waals surface area contributed by atoms with Crippen LogP contribution < -0.4 is 5.32 Å². The molecule has 4 heterocycles. The maximum absolute atomic E-state index is 12.7. The monoisotopic (exact) mass is 334 g/mol. The predicted molar refractivity (Wildman–Crippen MR) is 94.4 cm³/mol. The number of rotatable bonds is 4. The van der Waals surface area contributed by atoms with Gasteiger partial charge in [-0.3, -0.25) is 9.78 Å². The van der Waals surface area contributed by atoms with E-state index in [0.717, 1.165) is 21.5 Å². The predicted octanol–water partition coefficient (Wildman–Crippen LogP) is 3.41. The van der Waals surface area contributed by atoms with E-state index in [0.29, 0.717) is 11.4 Å². The largest absolute Gasteiger partial charge is 0.347 e. The van der Waals surface area contributed by atoms with Gasteiger partial charge in [-0.05, 0) is 42.0 Å². The van der Waals surface area contributed by atoms with Crippen molar-refractivity contribution in [2.24, 2.45) is 0 Å². The average molecular weight is 334 g/mol.